The average Bonchev–Trinajstić information content (AvgIpc) is 2.63. The summed E-state index contributed by atoms with van der Waals surface area (Å²) in [6.45, 7) is 12.1. The molecule has 1 aliphatic rings. The molecule has 1 aromatic rings. The van der Waals surface area contributed by atoms with Crippen LogP contribution in [0.5, 0.6) is 0 Å². The van der Waals surface area contributed by atoms with Gasteiger partial charge in [-0.3, -0.25) is 14.9 Å². The van der Waals surface area contributed by atoms with Gasteiger partial charge in [-0.15, -0.1) is 0 Å². The number of ether oxygens (including phenoxy) is 1. The van der Waals surface area contributed by atoms with Gasteiger partial charge in [-0.25, -0.2) is 9.69 Å². The van der Waals surface area contributed by atoms with Crippen molar-refractivity contribution < 1.29 is 19.2 Å². The maximum atomic E-state index is 13.0. The topological polar surface area (TPSA) is 89.8 Å². The third-order valence-electron chi connectivity index (χ3n) is 4.39. The predicted molar refractivity (Wildman–Crippen MR) is 98.1 cm³/mol. The molecule has 2 amide bonds. The van der Waals surface area contributed by atoms with Crippen LogP contribution in [0.1, 0.15) is 59.6 Å². The van der Waals surface area contributed by atoms with Crippen LogP contribution in [0.15, 0.2) is 18.2 Å². The molecule has 0 N–H and O–H groups in total. The van der Waals surface area contributed by atoms with E-state index in [2.05, 4.69) is 0 Å². The van der Waals surface area contributed by atoms with Crippen LogP contribution >= 0.6 is 0 Å². The Hall–Kier alpha value is -2.44. The molecule has 142 valence electrons. The van der Waals surface area contributed by atoms with Crippen LogP contribution in [0, 0.1) is 10.1 Å². The van der Waals surface area contributed by atoms with Gasteiger partial charge in [0.2, 0.25) is 6.54 Å². The largest absolute Gasteiger partial charge is 0.443 e. The Labute approximate surface area is 153 Å². The maximum Gasteiger partial charge on any atom is 0.421 e. The van der Waals surface area contributed by atoms with Crippen LogP contribution in [0.2, 0.25) is 0 Å². The first kappa shape index (κ1) is 19.9. The van der Waals surface area contributed by atoms with Crippen LogP contribution in [-0.4, -0.2) is 29.1 Å². The summed E-state index contributed by atoms with van der Waals surface area (Å²) in [5.41, 5.74) is -0.640. The highest BCUT2D eigenvalue weighted by Crippen LogP contribution is 2.44. The second kappa shape index (κ2) is 6.07. The zero-order chi connectivity index (χ0) is 20.1. The number of amides is 2. The fraction of sp³-hybridized carbons (Fsp3) is 0.579. The van der Waals surface area contributed by atoms with E-state index in [1.165, 1.54) is 6.92 Å². The third kappa shape index (κ3) is 3.57. The van der Waals surface area contributed by atoms with E-state index in [9.17, 15) is 19.7 Å². The van der Waals surface area contributed by atoms with E-state index >= 15 is 0 Å². The predicted octanol–water partition coefficient (Wildman–Crippen LogP) is 3.80. The van der Waals surface area contributed by atoms with Gasteiger partial charge in [-0.2, -0.15) is 0 Å². The highest BCUT2D eigenvalue weighted by molar-refractivity contribution is 6.21. The third-order valence-corrected chi connectivity index (χ3v) is 4.39. The number of imide groups is 1. The fourth-order valence-electron chi connectivity index (χ4n) is 3.01. The highest BCUT2D eigenvalue weighted by Gasteiger charge is 2.54. The van der Waals surface area contributed by atoms with E-state index in [0.29, 0.717) is 11.3 Å². The Balaban J connectivity index is 2.62. The van der Waals surface area contributed by atoms with Gasteiger partial charge in [-0.1, -0.05) is 32.9 Å². The molecule has 1 heterocycles. The van der Waals surface area contributed by atoms with Crippen LogP contribution in [-0.2, 0) is 20.4 Å². The second-order valence-electron chi connectivity index (χ2n) is 8.93. The van der Waals surface area contributed by atoms with Crippen molar-refractivity contribution in [3.63, 3.8) is 0 Å². The molecule has 26 heavy (non-hydrogen) atoms. The van der Waals surface area contributed by atoms with Gasteiger partial charge in [0.05, 0.1) is 5.69 Å². The quantitative estimate of drug-likeness (QED) is 0.589. The first-order valence-corrected chi connectivity index (χ1v) is 8.51. The van der Waals surface area contributed by atoms with Crippen LogP contribution < -0.4 is 4.90 Å². The minimum atomic E-state index is -1.42. The van der Waals surface area contributed by atoms with Crippen LogP contribution in [0.4, 0.5) is 10.5 Å². The van der Waals surface area contributed by atoms with Gasteiger partial charge in [0.1, 0.15) is 11.0 Å². The summed E-state index contributed by atoms with van der Waals surface area (Å²) >= 11 is 0. The molecule has 0 aliphatic carbocycles. The van der Waals surface area contributed by atoms with Crippen molar-refractivity contribution in [1.29, 1.82) is 0 Å². The number of rotatable bonds is 2. The lowest BCUT2D eigenvalue weighted by Crippen LogP contribution is -2.46. The van der Waals surface area contributed by atoms with E-state index in [0.717, 1.165) is 10.5 Å². The van der Waals surface area contributed by atoms with Crippen molar-refractivity contribution in [3.05, 3.63) is 39.4 Å². The molecule has 0 bridgehead atoms. The Morgan fingerprint density at radius 1 is 1.23 bits per heavy atom. The number of benzene rings is 1. The van der Waals surface area contributed by atoms with E-state index in [1.807, 2.05) is 26.8 Å². The summed E-state index contributed by atoms with van der Waals surface area (Å²) in [4.78, 5) is 37.3. The molecule has 1 atom stereocenters. The minimum absolute atomic E-state index is 0.201. The first-order valence-electron chi connectivity index (χ1n) is 8.51. The minimum Gasteiger partial charge on any atom is -0.443 e. The second-order valence-corrected chi connectivity index (χ2v) is 8.93. The molecule has 1 aliphatic heterocycles. The highest BCUT2D eigenvalue weighted by atomic mass is 16.6. The Bertz CT molecular complexity index is 773. The lowest BCUT2D eigenvalue weighted by molar-refractivity contribution is -0.487. The molecule has 0 unspecified atom stereocenters. The fourth-order valence-corrected chi connectivity index (χ4v) is 3.01. The van der Waals surface area contributed by atoms with E-state index in [1.54, 1.807) is 32.9 Å². The molecular weight excluding hydrogens is 336 g/mol. The molecule has 1 aromatic carbocycles. The summed E-state index contributed by atoms with van der Waals surface area (Å²) in [5, 5.41) is 11.2. The van der Waals surface area contributed by atoms with E-state index < -0.39 is 34.5 Å². The number of nitrogens with zero attached hydrogens (tertiary/aromatic N) is 2. The summed E-state index contributed by atoms with van der Waals surface area (Å²) < 4.78 is 5.34. The molecule has 7 heteroatoms. The Kier molecular flexibility index (Phi) is 4.64. The maximum absolute atomic E-state index is 13.0. The van der Waals surface area contributed by atoms with E-state index in [-0.39, 0.29) is 5.41 Å². The molecule has 2 rings (SSSR count). The number of anilines is 1. The zero-order valence-corrected chi connectivity index (χ0v) is 16.4. The Morgan fingerprint density at radius 3 is 2.27 bits per heavy atom. The number of hydrogen-bond donors (Lipinski definition) is 0. The summed E-state index contributed by atoms with van der Waals surface area (Å²) in [6.07, 6.45) is -0.820. The number of nitro groups is 1. The molecule has 0 aromatic heterocycles. The standard InChI is InChI=1S/C19H26N2O5/c1-17(2,3)12-8-9-14-13(10-12)19(7,11-20(24)25)15(22)21(14)16(23)26-18(4,5)6/h8-10H,11H2,1-7H3/t19-/m1/s1. The van der Waals surface area contributed by atoms with Crippen molar-refractivity contribution >= 4 is 17.7 Å². The molecule has 0 fully saturated rings. The SMILES string of the molecule is CC(C)(C)OC(=O)N1C(=O)[C@](C)(C[N+](=O)[O-])c2cc(C(C)(C)C)ccc21. The van der Waals surface area contributed by atoms with Gasteiger partial charge in [0.15, 0.2) is 0 Å². The monoisotopic (exact) mass is 362 g/mol. The molecule has 0 saturated carbocycles. The van der Waals surface area contributed by atoms with E-state index in [4.69, 9.17) is 4.74 Å². The van der Waals surface area contributed by atoms with Gasteiger partial charge in [-0.05, 0) is 50.3 Å². The lowest BCUT2D eigenvalue weighted by Gasteiger charge is -2.24. The molecule has 0 spiro atoms. The van der Waals surface area contributed by atoms with Gasteiger partial charge < -0.3 is 4.74 Å². The van der Waals surface area contributed by atoms with Crippen molar-refractivity contribution in [2.24, 2.45) is 0 Å². The molecule has 7 nitrogen and oxygen atoms in total. The van der Waals surface area contributed by atoms with Crippen LogP contribution in [0.25, 0.3) is 0 Å². The van der Waals surface area contributed by atoms with Crippen molar-refractivity contribution in [3.8, 4) is 0 Å². The number of carbonyl (C=O) groups excluding carboxylic acids is 2. The lowest BCUT2D eigenvalue weighted by atomic mass is 9.79. The molecule has 0 saturated heterocycles. The van der Waals surface area contributed by atoms with Crippen molar-refractivity contribution in [2.75, 3.05) is 11.4 Å². The number of carbonyl (C=O) groups is 2. The number of hydrogen-bond acceptors (Lipinski definition) is 5. The average molecular weight is 362 g/mol. The summed E-state index contributed by atoms with van der Waals surface area (Å²) in [6, 6.07) is 5.30. The normalized spacial score (nSPS) is 20.1. The van der Waals surface area contributed by atoms with Gasteiger partial charge >= 0.3 is 6.09 Å². The van der Waals surface area contributed by atoms with Gasteiger partial charge in [0, 0.05) is 4.92 Å². The van der Waals surface area contributed by atoms with Crippen molar-refractivity contribution in [2.45, 2.75) is 64.9 Å². The zero-order valence-electron chi connectivity index (χ0n) is 16.4. The van der Waals surface area contributed by atoms with Crippen LogP contribution in [0.3, 0.4) is 0 Å². The number of fused-ring (bicyclic) bond motifs is 1. The molecule has 0 radical (unpaired) electrons. The smallest absolute Gasteiger partial charge is 0.421 e. The summed E-state index contributed by atoms with van der Waals surface area (Å²) in [5.74, 6) is -0.635. The van der Waals surface area contributed by atoms with Crippen molar-refractivity contribution in [1.82, 2.24) is 0 Å². The first-order chi connectivity index (χ1) is 11.7. The molecular formula is C19H26N2O5. The Morgan fingerprint density at radius 2 is 1.81 bits per heavy atom. The summed E-state index contributed by atoms with van der Waals surface area (Å²) in [7, 11) is 0. The van der Waals surface area contributed by atoms with Gasteiger partial charge in [0.25, 0.3) is 5.91 Å².